The molecule has 2 aromatic carbocycles. The second-order valence-corrected chi connectivity index (χ2v) is 4.60. The lowest BCUT2D eigenvalue weighted by atomic mass is 10.1. The topological polar surface area (TPSA) is 12.0 Å². The highest BCUT2D eigenvalue weighted by Gasteiger charge is 2.32. The summed E-state index contributed by atoms with van der Waals surface area (Å²) >= 11 is 0. The molecule has 1 aliphatic carbocycles. The molecule has 0 spiro atoms. The monoisotopic (exact) mass is 263 g/mol. The van der Waals surface area contributed by atoms with Crippen molar-refractivity contribution in [1.82, 2.24) is 5.32 Å². The van der Waals surface area contributed by atoms with E-state index in [2.05, 4.69) is 5.32 Å². The lowest BCUT2D eigenvalue weighted by molar-refractivity contribution is -0.125. The van der Waals surface area contributed by atoms with Crippen molar-refractivity contribution in [2.75, 3.05) is 6.54 Å². The smallest absolute Gasteiger partial charge is 0.298 e. The van der Waals surface area contributed by atoms with Gasteiger partial charge in [-0.25, -0.2) is 0 Å². The van der Waals surface area contributed by atoms with Crippen molar-refractivity contribution in [2.45, 2.75) is 12.2 Å². The summed E-state index contributed by atoms with van der Waals surface area (Å²) in [6.07, 6.45) is -4.20. The Kier molecular flexibility index (Phi) is 2.82. The Bertz CT molecular complexity index is 559. The van der Waals surface area contributed by atoms with Crippen molar-refractivity contribution in [3.63, 3.8) is 0 Å². The third-order valence-corrected chi connectivity index (χ3v) is 3.34. The van der Waals surface area contributed by atoms with E-state index in [1.165, 1.54) is 0 Å². The SMILES string of the molecule is FC(F)(F)CNC1c2ccccc2-c2ccccc21. The highest BCUT2D eigenvalue weighted by molar-refractivity contribution is 5.78. The first-order valence-corrected chi connectivity index (χ1v) is 6.04. The van der Waals surface area contributed by atoms with Crippen molar-refractivity contribution in [2.24, 2.45) is 0 Å². The summed E-state index contributed by atoms with van der Waals surface area (Å²) in [5, 5.41) is 2.61. The van der Waals surface area contributed by atoms with Gasteiger partial charge in [-0.2, -0.15) is 13.2 Å². The van der Waals surface area contributed by atoms with Gasteiger partial charge in [0.05, 0.1) is 12.6 Å². The van der Waals surface area contributed by atoms with Gasteiger partial charge in [-0.15, -0.1) is 0 Å². The molecule has 0 bridgehead atoms. The number of halogens is 3. The number of nitrogens with one attached hydrogen (secondary N) is 1. The van der Waals surface area contributed by atoms with Crippen LogP contribution in [0.1, 0.15) is 17.2 Å². The molecule has 0 amide bonds. The summed E-state index contributed by atoms with van der Waals surface area (Å²) in [7, 11) is 0. The van der Waals surface area contributed by atoms with Gasteiger partial charge in [0.1, 0.15) is 0 Å². The molecule has 1 N–H and O–H groups in total. The van der Waals surface area contributed by atoms with E-state index in [-0.39, 0.29) is 6.04 Å². The van der Waals surface area contributed by atoms with E-state index in [0.717, 1.165) is 22.3 Å². The van der Waals surface area contributed by atoms with E-state index in [1.807, 2.05) is 48.5 Å². The molecular weight excluding hydrogens is 251 g/mol. The molecule has 1 nitrogen and oxygen atoms in total. The Morgan fingerprint density at radius 1 is 0.842 bits per heavy atom. The molecule has 0 saturated carbocycles. The second kappa shape index (κ2) is 4.38. The van der Waals surface area contributed by atoms with E-state index in [4.69, 9.17) is 0 Å². The van der Waals surface area contributed by atoms with Gasteiger partial charge in [-0.05, 0) is 22.3 Å². The van der Waals surface area contributed by atoms with Gasteiger partial charge in [-0.1, -0.05) is 48.5 Å². The van der Waals surface area contributed by atoms with Gasteiger partial charge < -0.3 is 0 Å². The molecule has 0 radical (unpaired) electrons. The first-order chi connectivity index (χ1) is 9.06. The number of hydrogen-bond donors (Lipinski definition) is 1. The lowest BCUT2D eigenvalue weighted by Crippen LogP contribution is -2.31. The number of hydrogen-bond acceptors (Lipinski definition) is 1. The third-order valence-electron chi connectivity index (χ3n) is 3.34. The molecule has 0 aromatic heterocycles. The summed E-state index contributed by atoms with van der Waals surface area (Å²) in [5.41, 5.74) is 3.84. The average molecular weight is 263 g/mol. The van der Waals surface area contributed by atoms with Crippen LogP contribution in [0, 0.1) is 0 Å². The van der Waals surface area contributed by atoms with Gasteiger partial charge in [0.25, 0.3) is 0 Å². The van der Waals surface area contributed by atoms with Crippen molar-refractivity contribution in [1.29, 1.82) is 0 Å². The van der Waals surface area contributed by atoms with Gasteiger partial charge >= 0.3 is 6.18 Å². The van der Waals surface area contributed by atoms with Crippen molar-refractivity contribution in [3.8, 4) is 11.1 Å². The Balaban J connectivity index is 2.00. The van der Waals surface area contributed by atoms with Crippen LogP contribution in [0.15, 0.2) is 48.5 Å². The first kappa shape index (κ1) is 12.2. The molecule has 0 heterocycles. The molecule has 0 atom stereocenters. The molecule has 1 aliphatic rings. The van der Waals surface area contributed by atoms with Crippen LogP contribution in [-0.4, -0.2) is 12.7 Å². The van der Waals surface area contributed by atoms with Crippen molar-refractivity contribution in [3.05, 3.63) is 59.7 Å². The van der Waals surface area contributed by atoms with Gasteiger partial charge in [0.2, 0.25) is 0 Å². The van der Waals surface area contributed by atoms with E-state index < -0.39 is 12.7 Å². The number of fused-ring (bicyclic) bond motifs is 3. The minimum Gasteiger partial charge on any atom is -0.298 e. The van der Waals surface area contributed by atoms with Crippen LogP contribution in [0.5, 0.6) is 0 Å². The van der Waals surface area contributed by atoms with Crippen LogP contribution < -0.4 is 5.32 Å². The molecule has 0 unspecified atom stereocenters. The summed E-state index contributed by atoms with van der Waals surface area (Å²) in [4.78, 5) is 0. The Morgan fingerprint density at radius 2 is 1.32 bits per heavy atom. The quantitative estimate of drug-likeness (QED) is 0.866. The van der Waals surface area contributed by atoms with E-state index in [9.17, 15) is 13.2 Å². The highest BCUT2D eigenvalue weighted by atomic mass is 19.4. The van der Waals surface area contributed by atoms with Crippen LogP contribution in [0.2, 0.25) is 0 Å². The van der Waals surface area contributed by atoms with Crippen molar-refractivity contribution < 1.29 is 13.2 Å². The average Bonchev–Trinajstić information content (AvgIpc) is 2.70. The Hall–Kier alpha value is -1.81. The molecular formula is C15H12F3N. The molecule has 19 heavy (non-hydrogen) atoms. The standard InChI is InChI=1S/C15H12F3N/c16-15(17,18)9-19-14-12-7-3-1-5-10(12)11-6-2-4-8-13(11)14/h1-8,14,19H,9H2. The van der Waals surface area contributed by atoms with Gasteiger partial charge in [-0.3, -0.25) is 5.32 Å². The van der Waals surface area contributed by atoms with Crippen LogP contribution >= 0.6 is 0 Å². The summed E-state index contributed by atoms with van der Waals surface area (Å²) in [6, 6.07) is 14.8. The highest BCUT2D eigenvalue weighted by Crippen LogP contribution is 2.43. The normalized spacial score (nSPS) is 14.3. The number of benzene rings is 2. The molecule has 0 saturated heterocycles. The van der Waals surface area contributed by atoms with E-state index in [0.29, 0.717) is 0 Å². The molecule has 3 rings (SSSR count). The van der Waals surface area contributed by atoms with Gasteiger partial charge in [0.15, 0.2) is 0 Å². The Labute approximate surface area is 109 Å². The fraction of sp³-hybridized carbons (Fsp3) is 0.200. The Morgan fingerprint density at radius 3 is 1.79 bits per heavy atom. The van der Waals surface area contributed by atoms with Crippen LogP contribution in [-0.2, 0) is 0 Å². The molecule has 98 valence electrons. The summed E-state index contributed by atoms with van der Waals surface area (Å²) < 4.78 is 37.2. The van der Waals surface area contributed by atoms with E-state index in [1.54, 1.807) is 0 Å². The van der Waals surface area contributed by atoms with Gasteiger partial charge in [0, 0.05) is 0 Å². The summed E-state index contributed by atoms with van der Waals surface area (Å²) in [6.45, 7) is -0.986. The predicted molar refractivity (Wildman–Crippen MR) is 67.8 cm³/mol. The van der Waals surface area contributed by atoms with Crippen LogP contribution in [0.3, 0.4) is 0 Å². The summed E-state index contributed by atoms with van der Waals surface area (Å²) in [5.74, 6) is 0. The zero-order valence-corrected chi connectivity index (χ0v) is 10.0. The molecule has 4 heteroatoms. The number of alkyl halides is 3. The van der Waals surface area contributed by atoms with Crippen molar-refractivity contribution >= 4 is 0 Å². The maximum Gasteiger partial charge on any atom is 0.401 e. The number of rotatable bonds is 2. The lowest BCUT2D eigenvalue weighted by Gasteiger charge is -2.17. The third kappa shape index (κ3) is 2.24. The van der Waals surface area contributed by atoms with Crippen LogP contribution in [0.4, 0.5) is 13.2 Å². The second-order valence-electron chi connectivity index (χ2n) is 4.60. The molecule has 0 aliphatic heterocycles. The largest absolute Gasteiger partial charge is 0.401 e. The maximum atomic E-state index is 12.4. The molecule has 0 fully saturated rings. The maximum absolute atomic E-state index is 12.4. The minimum absolute atomic E-state index is 0.381. The zero-order valence-electron chi connectivity index (χ0n) is 10.0. The van der Waals surface area contributed by atoms with Crippen LogP contribution in [0.25, 0.3) is 11.1 Å². The van der Waals surface area contributed by atoms with E-state index >= 15 is 0 Å². The fourth-order valence-corrected chi connectivity index (χ4v) is 2.59. The minimum atomic E-state index is -4.20. The fourth-order valence-electron chi connectivity index (χ4n) is 2.59. The zero-order chi connectivity index (χ0) is 13.5. The molecule has 2 aromatic rings. The predicted octanol–water partition coefficient (Wildman–Crippen LogP) is 3.91. The first-order valence-electron chi connectivity index (χ1n) is 6.04.